The maximum absolute atomic E-state index is 13.1. The first-order valence-electron chi connectivity index (χ1n) is 12.0. The minimum atomic E-state index is -0.391. The Kier molecular flexibility index (Phi) is 5.91. The van der Waals surface area contributed by atoms with Gasteiger partial charge < -0.3 is 9.52 Å². The number of benzene rings is 2. The van der Waals surface area contributed by atoms with E-state index >= 15 is 0 Å². The van der Waals surface area contributed by atoms with E-state index in [1.54, 1.807) is 6.07 Å². The molecule has 0 saturated heterocycles. The normalized spacial score (nSPS) is 20.9. The van der Waals surface area contributed by atoms with Crippen molar-refractivity contribution in [1.82, 2.24) is 0 Å². The van der Waals surface area contributed by atoms with Crippen LogP contribution < -0.4 is 5.63 Å². The van der Waals surface area contributed by atoms with Crippen molar-refractivity contribution >= 4 is 0 Å². The van der Waals surface area contributed by atoms with Crippen LogP contribution in [0.5, 0.6) is 5.75 Å². The molecule has 2 saturated carbocycles. The van der Waals surface area contributed by atoms with Gasteiger partial charge in [0.1, 0.15) is 11.5 Å². The van der Waals surface area contributed by atoms with E-state index < -0.39 is 5.63 Å². The molecular weight excluding hydrogens is 396 g/mol. The van der Waals surface area contributed by atoms with E-state index in [9.17, 15) is 9.90 Å². The van der Waals surface area contributed by atoms with E-state index in [0.29, 0.717) is 24.2 Å². The molecule has 166 valence electrons. The summed E-state index contributed by atoms with van der Waals surface area (Å²) >= 11 is 0. The van der Waals surface area contributed by atoms with Gasteiger partial charge in [-0.3, -0.25) is 0 Å². The molecule has 1 heterocycles. The van der Waals surface area contributed by atoms with Crippen molar-refractivity contribution in [3.63, 3.8) is 0 Å². The Morgan fingerprint density at radius 2 is 1.56 bits per heavy atom. The highest BCUT2D eigenvalue weighted by atomic mass is 16.4. The molecule has 2 aliphatic carbocycles. The topological polar surface area (TPSA) is 50.4 Å². The van der Waals surface area contributed by atoms with Gasteiger partial charge in [-0.25, -0.2) is 4.79 Å². The minimum absolute atomic E-state index is 0.0782. The van der Waals surface area contributed by atoms with Gasteiger partial charge in [0.15, 0.2) is 0 Å². The molecule has 2 aromatic carbocycles. The van der Waals surface area contributed by atoms with Crippen LogP contribution in [0.2, 0.25) is 0 Å². The van der Waals surface area contributed by atoms with E-state index in [1.807, 2.05) is 36.4 Å². The summed E-state index contributed by atoms with van der Waals surface area (Å²) in [5.74, 6) is 3.30. The third-order valence-corrected chi connectivity index (χ3v) is 7.39. The summed E-state index contributed by atoms with van der Waals surface area (Å²) < 4.78 is 5.83. The molecule has 0 radical (unpaired) electrons. The van der Waals surface area contributed by atoms with Crippen LogP contribution in [0.25, 0.3) is 0 Å². The molecule has 0 amide bonds. The first kappa shape index (κ1) is 21.1. The molecule has 0 bridgehead atoms. The van der Waals surface area contributed by atoms with Crippen LogP contribution in [0.15, 0.2) is 75.9 Å². The second-order valence-corrected chi connectivity index (χ2v) is 9.95. The van der Waals surface area contributed by atoms with Crippen molar-refractivity contribution in [2.75, 3.05) is 0 Å². The van der Waals surface area contributed by atoms with Gasteiger partial charge in [0.2, 0.25) is 0 Å². The molecule has 1 N–H and O–H groups in total. The van der Waals surface area contributed by atoms with Crippen molar-refractivity contribution < 1.29 is 9.52 Å². The van der Waals surface area contributed by atoms with Crippen molar-refractivity contribution in [2.24, 2.45) is 17.8 Å². The lowest BCUT2D eigenvalue weighted by Gasteiger charge is -2.19. The first-order valence-corrected chi connectivity index (χ1v) is 12.0. The average Bonchev–Trinajstić information content (AvgIpc) is 3.69. The molecule has 2 fully saturated rings. The average molecular weight is 429 g/mol. The van der Waals surface area contributed by atoms with Crippen LogP contribution in [-0.4, -0.2) is 5.11 Å². The Morgan fingerprint density at radius 3 is 2.09 bits per heavy atom. The van der Waals surface area contributed by atoms with Crippen LogP contribution in [0.3, 0.4) is 0 Å². The zero-order valence-corrected chi connectivity index (χ0v) is 18.7. The number of aromatic hydroxyl groups is 1. The van der Waals surface area contributed by atoms with Gasteiger partial charge in [0.25, 0.3) is 0 Å². The van der Waals surface area contributed by atoms with E-state index in [0.717, 1.165) is 35.3 Å². The van der Waals surface area contributed by atoms with E-state index in [4.69, 9.17) is 4.42 Å². The van der Waals surface area contributed by atoms with Gasteiger partial charge in [-0.05, 0) is 67.4 Å². The van der Waals surface area contributed by atoms with Crippen LogP contribution in [0.4, 0.5) is 0 Å². The molecule has 2 aliphatic rings. The maximum atomic E-state index is 13.1. The number of hydrogen-bond donors (Lipinski definition) is 1. The second-order valence-electron chi connectivity index (χ2n) is 9.95. The summed E-state index contributed by atoms with van der Waals surface area (Å²) in [6, 6.07) is 22.0. The number of hydrogen-bond acceptors (Lipinski definition) is 3. The zero-order chi connectivity index (χ0) is 22.1. The lowest BCUT2D eigenvalue weighted by Crippen LogP contribution is -2.18. The smallest absolute Gasteiger partial charge is 0.343 e. The van der Waals surface area contributed by atoms with Gasteiger partial charge >= 0.3 is 5.63 Å². The monoisotopic (exact) mass is 428 g/mol. The highest BCUT2D eigenvalue weighted by molar-refractivity contribution is 5.37. The summed E-state index contributed by atoms with van der Waals surface area (Å²) in [6.07, 6.45) is 6.50. The third-order valence-electron chi connectivity index (χ3n) is 7.39. The fourth-order valence-corrected chi connectivity index (χ4v) is 5.41. The van der Waals surface area contributed by atoms with E-state index in [-0.39, 0.29) is 17.6 Å². The highest BCUT2D eigenvalue weighted by Gasteiger charge is 2.47. The Balaban J connectivity index is 1.39. The fourth-order valence-electron chi connectivity index (χ4n) is 5.41. The molecule has 3 heteroatoms. The SMILES string of the molecule is CC(CC1CC1C1CC1)c1cc(O)c(C(Cc2ccccc2)Cc2ccccc2)c(=O)o1. The lowest BCUT2D eigenvalue weighted by atomic mass is 9.86. The van der Waals surface area contributed by atoms with Crippen LogP contribution in [-0.2, 0) is 12.8 Å². The van der Waals surface area contributed by atoms with Crippen LogP contribution >= 0.6 is 0 Å². The van der Waals surface area contributed by atoms with E-state index in [2.05, 4.69) is 31.2 Å². The van der Waals surface area contributed by atoms with Gasteiger partial charge in [0, 0.05) is 17.9 Å². The standard InChI is InChI=1S/C29H32O3/c1-19(14-23-17-25(23)22-12-13-22)27-18-26(30)28(29(31)32-27)24(15-20-8-4-2-5-9-20)16-21-10-6-3-7-11-21/h2-11,18-19,22-25,30H,12-17H2,1H3. The molecule has 0 spiro atoms. The van der Waals surface area contributed by atoms with Gasteiger partial charge in [-0.2, -0.15) is 0 Å². The highest BCUT2D eigenvalue weighted by Crippen LogP contribution is 2.57. The van der Waals surface area contributed by atoms with E-state index in [1.165, 1.54) is 19.3 Å². The van der Waals surface area contributed by atoms with Crippen molar-refractivity contribution in [2.45, 2.75) is 57.3 Å². The van der Waals surface area contributed by atoms with Crippen molar-refractivity contribution in [3.8, 4) is 5.75 Å². The Bertz CT molecular complexity index is 1060. The summed E-state index contributed by atoms with van der Waals surface area (Å²) in [4.78, 5) is 13.1. The molecule has 32 heavy (non-hydrogen) atoms. The van der Waals surface area contributed by atoms with Gasteiger partial charge in [0.05, 0.1) is 5.56 Å². The van der Waals surface area contributed by atoms with Gasteiger partial charge in [-0.15, -0.1) is 0 Å². The largest absolute Gasteiger partial charge is 0.507 e. The Hall–Kier alpha value is -2.81. The number of rotatable bonds is 9. The van der Waals surface area contributed by atoms with Gasteiger partial charge in [-0.1, -0.05) is 67.6 Å². The molecule has 3 atom stereocenters. The summed E-state index contributed by atoms with van der Waals surface area (Å²) in [5.41, 5.74) is 2.29. The predicted molar refractivity (Wildman–Crippen MR) is 127 cm³/mol. The summed E-state index contributed by atoms with van der Waals surface area (Å²) in [5, 5.41) is 11.0. The molecule has 3 nitrogen and oxygen atoms in total. The molecule has 0 aliphatic heterocycles. The van der Waals surface area contributed by atoms with Crippen molar-refractivity contribution in [3.05, 3.63) is 99.6 Å². The van der Waals surface area contributed by atoms with Crippen molar-refractivity contribution in [1.29, 1.82) is 0 Å². The summed E-state index contributed by atoms with van der Waals surface area (Å²) in [6.45, 7) is 2.12. The predicted octanol–water partition coefficient (Wildman–Crippen LogP) is 6.45. The van der Waals surface area contributed by atoms with Crippen LogP contribution in [0.1, 0.15) is 66.9 Å². The fraction of sp³-hybridized carbons (Fsp3) is 0.414. The summed E-state index contributed by atoms with van der Waals surface area (Å²) in [7, 11) is 0. The second kappa shape index (κ2) is 8.97. The first-order chi connectivity index (χ1) is 15.6. The quantitative estimate of drug-likeness (QED) is 0.426. The Labute approximate surface area is 190 Å². The molecule has 3 aromatic rings. The molecule has 1 aromatic heterocycles. The Morgan fingerprint density at radius 1 is 0.969 bits per heavy atom. The zero-order valence-electron chi connectivity index (χ0n) is 18.7. The van der Waals surface area contributed by atoms with Crippen LogP contribution in [0, 0.1) is 17.8 Å². The lowest BCUT2D eigenvalue weighted by molar-refractivity contribution is 0.375. The molecule has 5 rings (SSSR count). The molecule has 3 unspecified atom stereocenters. The minimum Gasteiger partial charge on any atom is -0.507 e. The third kappa shape index (κ3) is 4.82. The maximum Gasteiger partial charge on any atom is 0.343 e. The molecular formula is C29H32O3.